The Kier molecular flexibility index (Phi) is 5.49. The van der Waals surface area contributed by atoms with Crippen LogP contribution in [0.15, 0.2) is 70.7 Å². The Morgan fingerprint density at radius 2 is 1.75 bits per heavy atom. The van der Waals surface area contributed by atoms with E-state index in [-0.39, 0.29) is 5.56 Å². The van der Waals surface area contributed by atoms with Gasteiger partial charge in [-0.2, -0.15) is 0 Å². The number of H-pyrrole nitrogens is 1. The number of halogens is 1. The number of rotatable bonds is 5. The minimum Gasteiger partial charge on any atom is -0.457 e. The molecule has 2 aromatic carbocycles. The van der Waals surface area contributed by atoms with Gasteiger partial charge in [-0.15, -0.1) is 0 Å². The number of aromatic amines is 1. The molecule has 4 aromatic rings. The first-order chi connectivity index (χ1) is 13.6. The van der Waals surface area contributed by atoms with Gasteiger partial charge in [0.15, 0.2) is 5.16 Å². The predicted octanol–water partition coefficient (Wildman–Crippen LogP) is 5.18. The summed E-state index contributed by atoms with van der Waals surface area (Å²) in [5.74, 6) is 1.98. The lowest BCUT2D eigenvalue weighted by Gasteiger charge is -2.11. The normalized spacial score (nSPS) is 10.8. The van der Waals surface area contributed by atoms with Crippen molar-refractivity contribution in [2.75, 3.05) is 11.6 Å². The summed E-state index contributed by atoms with van der Waals surface area (Å²) in [4.78, 5) is 24.1. The van der Waals surface area contributed by atoms with E-state index in [9.17, 15) is 4.79 Å². The van der Waals surface area contributed by atoms with Crippen molar-refractivity contribution >= 4 is 56.8 Å². The third kappa shape index (κ3) is 3.97. The first-order valence-corrected chi connectivity index (χ1v) is 10.7. The number of ether oxygens (including phenoxy) is 1. The first-order valence-electron chi connectivity index (χ1n) is 8.37. The predicted molar refractivity (Wildman–Crippen MR) is 121 cm³/mol. The van der Waals surface area contributed by atoms with Crippen molar-refractivity contribution in [1.29, 1.82) is 0 Å². The summed E-state index contributed by atoms with van der Waals surface area (Å²) < 4.78 is 6.67. The lowest BCUT2D eigenvalue weighted by Crippen LogP contribution is -2.11. The van der Waals surface area contributed by atoms with Crippen LogP contribution in [-0.4, -0.2) is 21.2 Å². The van der Waals surface area contributed by atoms with Gasteiger partial charge in [-0.25, -0.2) is 9.97 Å². The molecule has 0 aliphatic rings. The van der Waals surface area contributed by atoms with Crippen LogP contribution in [0.1, 0.15) is 0 Å². The second-order valence-electron chi connectivity index (χ2n) is 5.81. The zero-order valence-electron chi connectivity index (χ0n) is 14.8. The summed E-state index contributed by atoms with van der Waals surface area (Å²) in [6.07, 6.45) is 3.56. The van der Waals surface area contributed by atoms with Gasteiger partial charge in [-0.3, -0.25) is 4.79 Å². The van der Waals surface area contributed by atoms with E-state index in [2.05, 4.69) is 42.9 Å². The molecule has 4 rings (SSSR count). The first kappa shape index (κ1) is 18.8. The number of nitrogens with one attached hydrogen (secondary N) is 2. The average Bonchev–Trinajstić information content (AvgIpc) is 2.72. The minimum atomic E-state index is -0.227. The number of nitrogens with zero attached hydrogens (tertiary/aromatic N) is 2. The standard InChI is InChI=1S/C20H15IN4O2S/c1-28-20-24-17-15(21)11-22-19(26)16(17)18(25-20)23-12-7-9-14(10-8-12)27-13-5-3-2-4-6-13/h2-11H,1H3,(H,22,26)(H,23,24,25). The van der Waals surface area contributed by atoms with E-state index in [1.54, 1.807) is 6.20 Å². The fourth-order valence-electron chi connectivity index (χ4n) is 2.65. The molecule has 0 bridgehead atoms. The van der Waals surface area contributed by atoms with Crippen LogP contribution in [0.3, 0.4) is 0 Å². The molecule has 2 aromatic heterocycles. The zero-order valence-corrected chi connectivity index (χ0v) is 17.7. The number of thioether (sulfide) groups is 1. The Morgan fingerprint density at radius 1 is 1.04 bits per heavy atom. The quantitative estimate of drug-likeness (QED) is 0.223. The maximum atomic E-state index is 12.4. The molecule has 0 unspecified atom stereocenters. The molecule has 28 heavy (non-hydrogen) atoms. The van der Waals surface area contributed by atoms with Crippen LogP contribution in [0, 0.1) is 3.57 Å². The molecule has 0 saturated heterocycles. The van der Waals surface area contributed by atoms with E-state index in [4.69, 9.17) is 4.74 Å². The van der Waals surface area contributed by atoms with Crippen LogP contribution < -0.4 is 15.6 Å². The van der Waals surface area contributed by atoms with Gasteiger partial charge < -0.3 is 15.0 Å². The Labute approximate surface area is 178 Å². The van der Waals surface area contributed by atoms with Crippen molar-refractivity contribution < 1.29 is 4.74 Å². The number of aromatic nitrogens is 3. The van der Waals surface area contributed by atoms with Gasteiger partial charge in [0.2, 0.25) is 0 Å². The van der Waals surface area contributed by atoms with Crippen LogP contribution in [0.5, 0.6) is 11.5 Å². The minimum absolute atomic E-state index is 0.227. The smallest absolute Gasteiger partial charge is 0.261 e. The number of benzene rings is 2. The molecular formula is C20H15IN4O2S. The second-order valence-corrected chi connectivity index (χ2v) is 7.75. The number of hydrogen-bond donors (Lipinski definition) is 2. The van der Waals surface area contributed by atoms with Gasteiger partial charge >= 0.3 is 0 Å². The summed E-state index contributed by atoms with van der Waals surface area (Å²) in [7, 11) is 0. The highest BCUT2D eigenvalue weighted by Crippen LogP contribution is 2.28. The lowest BCUT2D eigenvalue weighted by atomic mass is 10.2. The van der Waals surface area contributed by atoms with E-state index >= 15 is 0 Å². The molecule has 0 amide bonds. The van der Waals surface area contributed by atoms with Gasteiger partial charge in [0.1, 0.15) is 22.7 Å². The van der Waals surface area contributed by atoms with Crippen LogP contribution in [0.4, 0.5) is 11.5 Å². The largest absolute Gasteiger partial charge is 0.457 e. The Bertz CT molecular complexity index is 1180. The fraction of sp³-hybridized carbons (Fsp3) is 0.0500. The fourth-order valence-corrected chi connectivity index (χ4v) is 3.56. The van der Waals surface area contributed by atoms with Crippen LogP contribution >= 0.6 is 34.4 Å². The van der Waals surface area contributed by atoms with E-state index in [0.717, 1.165) is 20.8 Å². The SMILES string of the molecule is CSc1nc(Nc2ccc(Oc3ccccc3)cc2)c2c(=O)[nH]cc(I)c2n1. The highest BCUT2D eigenvalue weighted by molar-refractivity contribution is 14.1. The van der Waals surface area contributed by atoms with Gasteiger partial charge in [-0.05, 0) is 65.2 Å². The van der Waals surface area contributed by atoms with E-state index in [0.29, 0.717) is 21.9 Å². The molecule has 140 valence electrons. The highest BCUT2D eigenvalue weighted by atomic mass is 127. The molecule has 2 N–H and O–H groups in total. The van der Waals surface area contributed by atoms with Crippen molar-refractivity contribution in [2.45, 2.75) is 5.16 Å². The summed E-state index contributed by atoms with van der Waals surface area (Å²) in [6.45, 7) is 0. The number of para-hydroxylation sites is 1. The van der Waals surface area contributed by atoms with Crippen LogP contribution in [0.2, 0.25) is 0 Å². The third-order valence-corrected chi connectivity index (χ3v) is 5.32. The van der Waals surface area contributed by atoms with Crippen LogP contribution in [0.25, 0.3) is 10.9 Å². The summed E-state index contributed by atoms with van der Waals surface area (Å²) in [5.41, 5.74) is 1.20. The van der Waals surface area contributed by atoms with Crippen molar-refractivity contribution in [2.24, 2.45) is 0 Å². The lowest BCUT2D eigenvalue weighted by molar-refractivity contribution is 0.483. The van der Waals surface area contributed by atoms with Crippen molar-refractivity contribution in [3.05, 3.63) is 74.7 Å². The molecule has 2 heterocycles. The third-order valence-electron chi connectivity index (χ3n) is 3.95. The molecule has 0 atom stereocenters. The zero-order chi connectivity index (χ0) is 19.5. The molecule has 0 aliphatic carbocycles. The van der Waals surface area contributed by atoms with Crippen molar-refractivity contribution in [1.82, 2.24) is 15.0 Å². The number of hydrogen-bond acceptors (Lipinski definition) is 6. The van der Waals surface area contributed by atoms with Gasteiger partial charge in [0, 0.05) is 11.9 Å². The molecule has 0 saturated carbocycles. The maximum Gasteiger partial charge on any atom is 0.261 e. The Balaban J connectivity index is 1.66. The molecule has 8 heteroatoms. The van der Waals surface area contributed by atoms with Crippen molar-refractivity contribution in [3.63, 3.8) is 0 Å². The van der Waals surface area contributed by atoms with E-state index < -0.39 is 0 Å². The highest BCUT2D eigenvalue weighted by Gasteiger charge is 2.14. The summed E-state index contributed by atoms with van der Waals surface area (Å²) >= 11 is 3.59. The Hall–Kier alpha value is -2.59. The molecule has 0 fully saturated rings. The van der Waals surface area contributed by atoms with Gasteiger partial charge in [-0.1, -0.05) is 30.0 Å². The molecule has 0 radical (unpaired) electrons. The second kappa shape index (κ2) is 8.19. The van der Waals surface area contributed by atoms with E-state index in [1.165, 1.54) is 11.8 Å². The Morgan fingerprint density at radius 3 is 2.46 bits per heavy atom. The van der Waals surface area contributed by atoms with Gasteiger partial charge in [0.25, 0.3) is 5.56 Å². The number of pyridine rings is 1. The maximum absolute atomic E-state index is 12.4. The topological polar surface area (TPSA) is 79.9 Å². The molecule has 0 aliphatic heterocycles. The van der Waals surface area contributed by atoms with Gasteiger partial charge in [0.05, 0.1) is 9.09 Å². The molecule has 6 nitrogen and oxygen atoms in total. The number of fused-ring (bicyclic) bond motifs is 1. The summed E-state index contributed by atoms with van der Waals surface area (Å²) in [5, 5.41) is 4.28. The number of anilines is 2. The summed E-state index contributed by atoms with van der Waals surface area (Å²) in [6, 6.07) is 17.1. The average molecular weight is 502 g/mol. The molecule has 0 spiro atoms. The van der Waals surface area contributed by atoms with Crippen LogP contribution in [-0.2, 0) is 0 Å². The monoisotopic (exact) mass is 502 g/mol. The van der Waals surface area contributed by atoms with Crippen molar-refractivity contribution in [3.8, 4) is 11.5 Å². The van der Waals surface area contributed by atoms with E-state index in [1.807, 2.05) is 60.9 Å². The molecular weight excluding hydrogens is 487 g/mol.